The van der Waals surface area contributed by atoms with E-state index in [1.165, 1.54) is 93.7 Å². The van der Waals surface area contributed by atoms with E-state index in [9.17, 15) is 5.26 Å². The van der Waals surface area contributed by atoms with Crippen molar-refractivity contribution >= 4 is 38.1 Å². The fourth-order valence-electron chi connectivity index (χ4n) is 10.1. The third kappa shape index (κ3) is 3.21. The predicted octanol–water partition coefficient (Wildman–Crippen LogP) is 12.4. The summed E-state index contributed by atoms with van der Waals surface area (Å²) >= 11 is 0. The fourth-order valence-corrected chi connectivity index (χ4v) is 10.1. The number of fused-ring (bicyclic) bond motifs is 16. The van der Waals surface area contributed by atoms with E-state index in [1.54, 1.807) is 0 Å². The number of hydrogen-bond acceptors (Lipinski definition) is 1. The van der Waals surface area contributed by atoms with E-state index in [4.69, 9.17) is 0 Å². The fraction of sp³-hybridized carbons (Fsp3) is 0.0200. The van der Waals surface area contributed by atoms with E-state index in [0.29, 0.717) is 5.56 Å². The molecule has 238 valence electrons. The van der Waals surface area contributed by atoms with Crippen LogP contribution in [-0.2, 0) is 5.41 Å². The Morgan fingerprint density at radius 2 is 0.923 bits per heavy atom. The van der Waals surface area contributed by atoms with Crippen LogP contribution in [0.4, 0.5) is 0 Å². The summed E-state index contributed by atoms with van der Waals surface area (Å²) in [6, 6.07) is 64.6. The van der Waals surface area contributed by atoms with Gasteiger partial charge in [0.05, 0.1) is 33.6 Å². The molecule has 1 spiro atoms. The van der Waals surface area contributed by atoms with E-state index in [0.717, 1.165) is 11.1 Å². The molecular weight excluding hydrogens is 629 g/mol. The monoisotopic (exact) mass is 656 g/mol. The van der Waals surface area contributed by atoms with Gasteiger partial charge < -0.3 is 4.40 Å². The Morgan fingerprint density at radius 3 is 1.65 bits per heavy atom. The van der Waals surface area contributed by atoms with Crippen molar-refractivity contribution in [3.05, 3.63) is 198 Å². The second-order valence-corrected chi connectivity index (χ2v) is 14.2. The molecular formula is C50H28N2. The Balaban J connectivity index is 1.17. The number of rotatable bonds is 2. The molecule has 0 saturated heterocycles. The first-order valence-electron chi connectivity index (χ1n) is 17.9. The predicted molar refractivity (Wildman–Crippen MR) is 213 cm³/mol. The molecule has 0 fully saturated rings. The number of aromatic nitrogens is 1. The molecule has 0 bridgehead atoms. The highest BCUT2D eigenvalue weighted by Crippen LogP contribution is 2.65. The van der Waals surface area contributed by atoms with Gasteiger partial charge in [-0.25, -0.2) is 0 Å². The van der Waals surface area contributed by atoms with Crippen LogP contribution in [0.15, 0.2) is 170 Å². The molecule has 12 rings (SSSR count). The summed E-state index contributed by atoms with van der Waals surface area (Å²) in [5, 5.41) is 15.3. The minimum atomic E-state index is -0.499. The zero-order chi connectivity index (χ0) is 34.1. The molecule has 0 amide bonds. The average Bonchev–Trinajstić information content (AvgIpc) is 3.92. The summed E-state index contributed by atoms with van der Waals surface area (Å²) in [4.78, 5) is 0. The molecule has 2 aliphatic carbocycles. The van der Waals surface area contributed by atoms with Crippen LogP contribution >= 0.6 is 0 Å². The van der Waals surface area contributed by atoms with Gasteiger partial charge in [-0.1, -0.05) is 152 Å². The van der Waals surface area contributed by atoms with Gasteiger partial charge in [-0.3, -0.25) is 0 Å². The van der Waals surface area contributed by atoms with Gasteiger partial charge in [0, 0.05) is 27.1 Å². The van der Waals surface area contributed by atoms with Crippen molar-refractivity contribution < 1.29 is 0 Å². The average molecular weight is 657 g/mol. The van der Waals surface area contributed by atoms with Crippen molar-refractivity contribution in [1.82, 2.24) is 4.40 Å². The summed E-state index contributed by atoms with van der Waals surface area (Å²) in [6.07, 6.45) is 0. The Bertz CT molecular complexity index is 3210. The van der Waals surface area contributed by atoms with Crippen LogP contribution in [0.5, 0.6) is 0 Å². The van der Waals surface area contributed by atoms with Crippen molar-refractivity contribution in [2.45, 2.75) is 5.41 Å². The lowest BCUT2D eigenvalue weighted by atomic mass is 9.70. The van der Waals surface area contributed by atoms with Crippen LogP contribution in [0, 0.1) is 11.3 Å². The third-order valence-electron chi connectivity index (χ3n) is 12.0. The quantitative estimate of drug-likeness (QED) is 0.182. The third-order valence-corrected chi connectivity index (χ3v) is 12.0. The van der Waals surface area contributed by atoms with Crippen LogP contribution < -0.4 is 0 Å². The lowest BCUT2D eigenvalue weighted by Crippen LogP contribution is -2.25. The van der Waals surface area contributed by atoms with Crippen molar-refractivity contribution in [2.75, 3.05) is 0 Å². The van der Waals surface area contributed by atoms with Gasteiger partial charge in [0.2, 0.25) is 0 Å². The number of nitrogens with zero attached hydrogens (tertiary/aromatic N) is 2. The van der Waals surface area contributed by atoms with Gasteiger partial charge in [-0.15, -0.1) is 0 Å². The molecule has 0 aliphatic heterocycles. The number of hydrogen-bond donors (Lipinski definition) is 0. The largest absolute Gasteiger partial charge is 0.308 e. The molecule has 2 heteroatoms. The summed E-state index contributed by atoms with van der Waals surface area (Å²) in [7, 11) is 0. The molecule has 1 atom stereocenters. The molecule has 10 aromatic rings. The first kappa shape index (κ1) is 27.8. The smallest absolute Gasteiger partial charge is 0.0998 e. The number of para-hydroxylation sites is 2. The van der Waals surface area contributed by atoms with Gasteiger partial charge in [0.25, 0.3) is 0 Å². The molecule has 1 unspecified atom stereocenters. The topological polar surface area (TPSA) is 28.2 Å². The minimum Gasteiger partial charge on any atom is -0.308 e. The van der Waals surface area contributed by atoms with Crippen LogP contribution in [0.2, 0.25) is 0 Å². The van der Waals surface area contributed by atoms with Gasteiger partial charge in [-0.2, -0.15) is 5.26 Å². The van der Waals surface area contributed by atoms with Gasteiger partial charge in [0.1, 0.15) is 0 Å². The van der Waals surface area contributed by atoms with E-state index in [1.807, 2.05) is 18.2 Å². The maximum atomic E-state index is 10.2. The van der Waals surface area contributed by atoms with E-state index in [2.05, 4.69) is 162 Å². The van der Waals surface area contributed by atoms with E-state index in [-0.39, 0.29) is 0 Å². The molecule has 2 aromatic heterocycles. The molecule has 2 aliphatic rings. The second kappa shape index (κ2) is 9.85. The summed E-state index contributed by atoms with van der Waals surface area (Å²) < 4.78 is 2.47. The van der Waals surface area contributed by atoms with Gasteiger partial charge in [0.15, 0.2) is 0 Å². The van der Waals surface area contributed by atoms with Crippen molar-refractivity contribution in [1.29, 1.82) is 5.26 Å². The van der Waals surface area contributed by atoms with Crippen LogP contribution in [0.1, 0.15) is 27.8 Å². The first-order chi connectivity index (χ1) is 25.8. The molecule has 0 saturated carbocycles. The summed E-state index contributed by atoms with van der Waals surface area (Å²) in [5.41, 5.74) is 18.7. The molecule has 2 nitrogen and oxygen atoms in total. The Morgan fingerprint density at radius 1 is 0.404 bits per heavy atom. The maximum Gasteiger partial charge on any atom is 0.0998 e. The Hall–Kier alpha value is -6.95. The van der Waals surface area contributed by atoms with Crippen molar-refractivity contribution in [3.63, 3.8) is 0 Å². The minimum absolute atomic E-state index is 0.499. The molecule has 52 heavy (non-hydrogen) atoms. The van der Waals surface area contributed by atoms with Crippen LogP contribution in [-0.4, -0.2) is 4.40 Å². The highest BCUT2D eigenvalue weighted by Gasteiger charge is 2.52. The maximum absolute atomic E-state index is 10.2. The molecule has 8 aromatic carbocycles. The zero-order valence-electron chi connectivity index (χ0n) is 28.1. The van der Waals surface area contributed by atoms with Gasteiger partial charge >= 0.3 is 0 Å². The number of benzene rings is 8. The van der Waals surface area contributed by atoms with E-state index >= 15 is 0 Å². The second-order valence-electron chi connectivity index (χ2n) is 14.2. The zero-order valence-corrected chi connectivity index (χ0v) is 28.1. The van der Waals surface area contributed by atoms with Crippen molar-refractivity contribution in [3.8, 4) is 50.6 Å². The standard InChI is InChI=1S/C50H28N2/c51-29-31-12-1-2-13-32(31)36-18-11-24-44-48(36)40-16-4-7-22-42(40)50(44)41-21-6-3-15-39(41)47-33(17-10-23-43(47)50)30-26-27-35-38-20-9-19-37-34-14-5-8-25-45(34)52(49(37)38)46(35)28-30/h1-28H. The molecule has 0 radical (unpaired) electrons. The van der Waals surface area contributed by atoms with Crippen LogP contribution in [0.25, 0.3) is 82.6 Å². The summed E-state index contributed by atoms with van der Waals surface area (Å²) in [6.45, 7) is 0. The van der Waals surface area contributed by atoms with Gasteiger partial charge in [-0.05, 0) is 79.4 Å². The Kier molecular flexibility index (Phi) is 5.27. The van der Waals surface area contributed by atoms with E-state index < -0.39 is 5.41 Å². The highest BCUT2D eigenvalue weighted by atomic mass is 14.9. The summed E-state index contributed by atoms with van der Waals surface area (Å²) in [5.74, 6) is 0. The molecule has 2 heterocycles. The van der Waals surface area contributed by atoms with Crippen LogP contribution in [0.3, 0.4) is 0 Å². The van der Waals surface area contributed by atoms with Crippen molar-refractivity contribution in [2.24, 2.45) is 0 Å². The number of nitriles is 1. The normalized spacial score (nSPS) is 15.4. The first-order valence-corrected chi connectivity index (χ1v) is 17.9. The lowest BCUT2D eigenvalue weighted by molar-refractivity contribution is 0.794. The Labute approximate surface area is 300 Å². The SMILES string of the molecule is N#Cc1ccccc1-c1cccc2c1-c1ccccc1C21c2ccccc2-c2c(-c3ccc4c5cccc6c7ccccc7n(c4c3)c65)cccc21. The highest BCUT2D eigenvalue weighted by molar-refractivity contribution is 6.23. The molecule has 0 N–H and O–H groups in total. The lowest BCUT2D eigenvalue weighted by Gasteiger charge is -2.30.